The van der Waals surface area contributed by atoms with E-state index in [0.29, 0.717) is 13.0 Å². The van der Waals surface area contributed by atoms with Crippen LogP contribution in [-0.2, 0) is 16.4 Å². The van der Waals surface area contributed by atoms with Gasteiger partial charge in [-0.05, 0) is 41.8 Å². The number of sulfonamides is 1. The van der Waals surface area contributed by atoms with Gasteiger partial charge < -0.3 is 0 Å². The molecule has 0 spiro atoms. The van der Waals surface area contributed by atoms with E-state index in [0.717, 1.165) is 33.8 Å². The summed E-state index contributed by atoms with van der Waals surface area (Å²) >= 11 is 1.59. The van der Waals surface area contributed by atoms with Gasteiger partial charge in [-0.25, -0.2) is 18.1 Å². The maximum atomic E-state index is 12.6. The highest BCUT2D eigenvalue weighted by Crippen LogP contribution is 2.22. The molecule has 5 nitrogen and oxygen atoms in total. The highest BCUT2D eigenvalue weighted by molar-refractivity contribution is 7.89. The number of pyridine rings is 1. The summed E-state index contributed by atoms with van der Waals surface area (Å²) in [4.78, 5) is 8.92. The van der Waals surface area contributed by atoms with Crippen molar-refractivity contribution >= 4 is 21.4 Å². The molecule has 0 bridgehead atoms. The Labute approximate surface area is 180 Å². The average Bonchev–Trinajstić information content (AvgIpc) is 3.27. The lowest BCUT2D eigenvalue weighted by Gasteiger charge is -2.07. The van der Waals surface area contributed by atoms with Gasteiger partial charge in [0.15, 0.2) is 0 Å². The molecular formula is C23H21N3O2S2. The summed E-state index contributed by atoms with van der Waals surface area (Å²) in [7, 11) is -3.53. The molecule has 0 saturated carbocycles. The van der Waals surface area contributed by atoms with Crippen molar-refractivity contribution in [3.05, 3.63) is 89.5 Å². The number of hydrogen-bond donors (Lipinski definition) is 1. The van der Waals surface area contributed by atoms with Gasteiger partial charge in [-0.1, -0.05) is 42.5 Å². The minimum Gasteiger partial charge on any atom is -0.265 e. The predicted molar refractivity (Wildman–Crippen MR) is 121 cm³/mol. The van der Waals surface area contributed by atoms with Gasteiger partial charge in [0.05, 0.1) is 15.6 Å². The van der Waals surface area contributed by atoms with E-state index in [-0.39, 0.29) is 4.90 Å². The SMILES string of the molecule is O=S(=O)(NCCCc1nc(-c2ccncc2)cs1)c1ccc(-c2ccccc2)cc1. The third kappa shape index (κ3) is 4.99. The summed E-state index contributed by atoms with van der Waals surface area (Å²) in [6.45, 7) is 0.368. The Bertz CT molecular complexity index is 1190. The number of aromatic nitrogens is 2. The second-order valence-corrected chi connectivity index (χ2v) is 9.46. The number of rotatable bonds is 8. The largest absolute Gasteiger partial charge is 0.265 e. The molecule has 1 N–H and O–H groups in total. The highest BCUT2D eigenvalue weighted by atomic mass is 32.2. The van der Waals surface area contributed by atoms with E-state index in [1.807, 2.05) is 60.0 Å². The van der Waals surface area contributed by atoms with Crippen molar-refractivity contribution in [1.82, 2.24) is 14.7 Å². The summed E-state index contributed by atoms with van der Waals surface area (Å²) in [5.41, 5.74) is 4.01. The van der Waals surface area contributed by atoms with Crippen LogP contribution in [-0.4, -0.2) is 24.9 Å². The van der Waals surface area contributed by atoms with E-state index < -0.39 is 10.0 Å². The average molecular weight is 436 g/mol. The first-order valence-corrected chi connectivity index (χ1v) is 12.0. The molecule has 0 saturated heterocycles. The minimum absolute atomic E-state index is 0.274. The molecule has 7 heteroatoms. The molecule has 2 heterocycles. The summed E-state index contributed by atoms with van der Waals surface area (Å²) in [6, 6.07) is 20.7. The standard InChI is InChI=1S/C23H21N3O2S2/c27-30(28,21-10-8-19(9-11-21)18-5-2-1-3-6-18)25-14-4-7-23-26-22(17-29-23)20-12-15-24-16-13-20/h1-3,5-6,8-13,15-17,25H,4,7,14H2. The summed E-state index contributed by atoms with van der Waals surface area (Å²) in [5, 5.41) is 3.01. The van der Waals surface area contributed by atoms with E-state index in [4.69, 9.17) is 0 Å². The van der Waals surface area contributed by atoms with Gasteiger partial charge in [-0.3, -0.25) is 4.98 Å². The van der Waals surface area contributed by atoms with Crippen LogP contribution in [0.4, 0.5) is 0 Å². The quantitative estimate of drug-likeness (QED) is 0.404. The fraction of sp³-hybridized carbons (Fsp3) is 0.130. The smallest absolute Gasteiger partial charge is 0.240 e. The zero-order valence-electron chi connectivity index (χ0n) is 16.2. The molecule has 0 atom stereocenters. The number of aryl methyl sites for hydroxylation is 1. The van der Waals surface area contributed by atoms with Crippen molar-refractivity contribution in [2.24, 2.45) is 0 Å². The molecule has 4 rings (SSSR count). The molecule has 30 heavy (non-hydrogen) atoms. The second kappa shape index (κ2) is 9.30. The van der Waals surface area contributed by atoms with Crippen LogP contribution in [0.3, 0.4) is 0 Å². The number of nitrogens with zero attached hydrogens (tertiary/aromatic N) is 2. The minimum atomic E-state index is -3.53. The third-order valence-electron chi connectivity index (χ3n) is 4.66. The fourth-order valence-corrected chi connectivity index (χ4v) is 4.99. The van der Waals surface area contributed by atoms with E-state index in [1.54, 1.807) is 35.9 Å². The molecule has 0 aliphatic heterocycles. The second-order valence-electron chi connectivity index (χ2n) is 6.75. The number of hydrogen-bond acceptors (Lipinski definition) is 5. The van der Waals surface area contributed by atoms with Crippen LogP contribution in [0.5, 0.6) is 0 Å². The van der Waals surface area contributed by atoms with Crippen molar-refractivity contribution in [2.45, 2.75) is 17.7 Å². The fourth-order valence-electron chi connectivity index (χ4n) is 3.07. The number of thiazole rings is 1. The van der Waals surface area contributed by atoms with Crippen molar-refractivity contribution in [3.8, 4) is 22.4 Å². The van der Waals surface area contributed by atoms with Crippen LogP contribution < -0.4 is 4.72 Å². The molecular weight excluding hydrogens is 414 g/mol. The maximum Gasteiger partial charge on any atom is 0.240 e. The van der Waals surface area contributed by atoms with E-state index in [2.05, 4.69) is 14.7 Å². The molecule has 0 aliphatic rings. The molecule has 152 valence electrons. The zero-order valence-corrected chi connectivity index (χ0v) is 17.9. The molecule has 4 aromatic rings. The lowest BCUT2D eigenvalue weighted by Crippen LogP contribution is -2.25. The topological polar surface area (TPSA) is 72.0 Å². The van der Waals surface area contributed by atoms with Crippen molar-refractivity contribution in [3.63, 3.8) is 0 Å². The summed E-state index contributed by atoms with van der Waals surface area (Å²) in [6.07, 6.45) is 4.90. The Morgan fingerprint density at radius 2 is 1.53 bits per heavy atom. The Morgan fingerprint density at radius 1 is 0.833 bits per heavy atom. The Hall–Kier alpha value is -2.87. The summed E-state index contributed by atoms with van der Waals surface area (Å²) < 4.78 is 27.8. The molecule has 0 aliphatic carbocycles. The van der Waals surface area contributed by atoms with Crippen LogP contribution in [0.1, 0.15) is 11.4 Å². The van der Waals surface area contributed by atoms with Gasteiger partial charge in [0, 0.05) is 36.3 Å². The monoisotopic (exact) mass is 435 g/mol. The third-order valence-corrected chi connectivity index (χ3v) is 7.04. The van der Waals surface area contributed by atoms with Gasteiger partial charge in [-0.2, -0.15) is 0 Å². The van der Waals surface area contributed by atoms with E-state index >= 15 is 0 Å². The van der Waals surface area contributed by atoms with Crippen LogP contribution >= 0.6 is 11.3 Å². The number of nitrogens with one attached hydrogen (secondary N) is 1. The lowest BCUT2D eigenvalue weighted by atomic mass is 10.1. The molecule has 0 amide bonds. The van der Waals surface area contributed by atoms with Crippen LogP contribution in [0.2, 0.25) is 0 Å². The van der Waals surface area contributed by atoms with E-state index in [1.165, 1.54) is 0 Å². The Balaban J connectivity index is 1.31. The Morgan fingerprint density at radius 3 is 2.27 bits per heavy atom. The van der Waals surface area contributed by atoms with Crippen LogP contribution in [0.15, 0.2) is 89.4 Å². The van der Waals surface area contributed by atoms with Crippen LogP contribution in [0, 0.1) is 0 Å². The lowest BCUT2D eigenvalue weighted by molar-refractivity contribution is 0.579. The van der Waals surface area contributed by atoms with Gasteiger partial charge in [-0.15, -0.1) is 11.3 Å². The van der Waals surface area contributed by atoms with Gasteiger partial charge in [0.2, 0.25) is 10.0 Å². The van der Waals surface area contributed by atoms with Gasteiger partial charge in [0.1, 0.15) is 0 Å². The molecule has 2 aromatic carbocycles. The molecule has 0 unspecified atom stereocenters. The highest BCUT2D eigenvalue weighted by Gasteiger charge is 2.13. The molecule has 2 aromatic heterocycles. The first-order chi connectivity index (χ1) is 14.6. The summed E-state index contributed by atoms with van der Waals surface area (Å²) in [5.74, 6) is 0. The molecule has 0 fully saturated rings. The van der Waals surface area contributed by atoms with Crippen molar-refractivity contribution < 1.29 is 8.42 Å². The zero-order chi connectivity index (χ0) is 20.8. The van der Waals surface area contributed by atoms with E-state index in [9.17, 15) is 8.42 Å². The maximum absolute atomic E-state index is 12.6. The van der Waals surface area contributed by atoms with Crippen molar-refractivity contribution in [1.29, 1.82) is 0 Å². The first-order valence-electron chi connectivity index (χ1n) is 9.62. The molecule has 0 radical (unpaired) electrons. The normalized spacial score (nSPS) is 11.5. The van der Waals surface area contributed by atoms with Crippen LogP contribution in [0.25, 0.3) is 22.4 Å². The van der Waals surface area contributed by atoms with Gasteiger partial charge in [0.25, 0.3) is 0 Å². The Kier molecular flexibility index (Phi) is 6.32. The first kappa shape index (κ1) is 20.4. The number of benzene rings is 2. The predicted octanol–water partition coefficient (Wildman–Crippen LogP) is 4.78. The van der Waals surface area contributed by atoms with Crippen molar-refractivity contribution in [2.75, 3.05) is 6.54 Å². The van der Waals surface area contributed by atoms with Gasteiger partial charge >= 0.3 is 0 Å².